The van der Waals surface area contributed by atoms with Crippen LogP contribution in [0.3, 0.4) is 0 Å². The average molecular weight is 180 g/mol. The number of alkyl halides is 2. The van der Waals surface area contributed by atoms with Gasteiger partial charge in [0.05, 0.1) is 0 Å². The van der Waals surface area contributed by atoms with E-state index in [0.29, 0.717) is 0 Å². The maximum absolute atomic E-state index is 11.2. The number of phosphoric ester groups is 1. The predicted octanol–water partition coefficient (Wildman–Crippen LogP) is 1.27. The van der Waals surface area contributed by atoms with Gasteiger partial charge in [-0.2, -0.15) is 0 Å². The van der Waals surface area contributed by atoms with Gasteiger partial charge in [-0.05, 0) is 4.53 Å². The molecule has 0 saturated heterocycles. The molecule has 8 heteroatoms. The minimum absolute atomic E-state index is 1.34. The van der Waals surface area contributed by atoms with Crippen molar-refractivity contribution >= 4 is 7.82 Å². The molecule has 0 aliphatic rings. The zero-order valence-corrected chi connectivity index (χ0v) is 5.43. The molecule has 0 aromatic rings. The first-order valence-electron chi connectivity index (χ1n) is 2.04. The van der Waals surface area contributed by atoms with Gasteiger partial charge in [0, 0.05) is 0 Å². The van der Waals surface area contributed by atoms with Crippen LogP contribution in [0.1, 0.15) is 0 Å². The molecule has 0 heterocycles. The van der Waals surface area contributed by atoms with Crippen molar-refractivity contribution in [1.82, 2.24) is 0 Å². The van der Waals surface area contributed by atoms with Crippen LogP contribution in [0.15, 0.2) is 0 Å². The summed E-state index contributed by atoms with van der Waals surface area (Å²) in [7, 11) is -4.87. The van der Waals surface area contributed by atoms with Crippen molar-refractivity contribution in [3.63, 3.8) is 0 Å². The van der Waals surface area contributed by atoms with Crippen LogP contribution in [0.25, 0.3) is 0 Å². The van der Waals surface area contributed by atoms with E-state index in [2.05, 4.69) is 9.25 Å². The first-order chi connectivity index (χ1) is 4.48. The molecule has 0 aromatic carbocycles. The first kappa shape index (κ1) is 9.90. The predicted molar refractivity (Wildman–Crippen MR) is 24.0 cm³/mol. The highest BCUT2D eigenvalue weighted by atomic mass is 31.2. The van der Waals surface area contributed by atoms with E-state index >= 15 is 0 Å². The van der Waals surface area contributed by atoms with E-state index in [-0.39, 0.29) is 0 Å². The van der Waals surface area contributed by atoms with Gasteiger partial charge in [0.2, 0.25) is 0 Å². The molecule has 0 spiro atoms. The second kappa shape index (κ2) is 3.92. The molecule has 62 valence electrons. The van der Waals surface area contributed by atoms with Gasteiger partial charge >= 0.3 is 7.82 Å². The van der Waals surface area contributed by atoms with E-state index in [9.17, 15) is 17.9 Å². The molecule has 1 unspecified atom stereocenters. The minimum Gasteiger partial charge on any atom is -0.301 e. The Hall–Kier alpha value is -0.100. The van der Waals surface area contributed by atoms with E-state index in [0.717, 1.165) is 0 Å². The number of halogens is 3. The van der Waals surface area contributed by atoms with Crippen LogP contribution < -0.4 is 0 Å². The van der Waals surface area contributed by atoms with E-state index in [1.54, 1.807) is 0 Å². The molecule has 0 rings (SSSR count). The number of hydrogen-bond acceptors (Lipinski definition) is 3. The van der Waals surface area contributed by atoms with Crippen molar-refractivity contribution in [2.24, 2.45) is 0 Å². The van der Waals surface area contributed by atoms with Crippen molar-refractivity contribution in [2.75, 3.05) is 6.61 Å². The fourth-order valence-electron chi connectivity index (χ4n) is 0.170. The number of rotatable bonds is 4. The lowest BCUT2D eigenvalue weighted by atomic mass is 10.8. The van der Waals surface area contributed by atoms with Crippen molar-refractivity contribution in [1.29, 1.82) is 0 Å². The normalized spacial score (nSPS) is 17.3. The Balaban J connectivity index is 3.58. The summed E-state index contributed by atoms with van der Waals surface area (Å²) in [5.74, 6) is 0. The van der Waals surface area contributed by atoms with Crippen molar-refractivity contribution in [2.45, 2.75) is 6.43 Å². The highest BCUT2D eigenvalue weighted by Gasteiger charge is 2.23. The molecule has 0 bridgehead atoms. The maximum Gasteiger partial charge on any atom is 0.503 e. The Bertz CT molecular complexity index is 138. The van der Waals surface area contributed by atoms with Crippen LogP contribution in [0.2, 0.25) is 0 Å². The molecule has 0 saturated carbocycles. The van der Waals surface area contributed by atoms with Crippen molar-refractivity contribution in [3.8, 4) is 0 Å². The van der Waals surface area contributed by atoms with Gasteiger partial charge in [-0.25, -0.2) is 13.3 Å². The highest BCUT2D eigenvalue weighted by Crippen LogP contribution is 2.43. The van der Waals surface area contributed by atoms with E-state index in [1.807, 2.05) is 0 Å². The van der Waals surface area contributed by atoms with Gasteiger partial charge in [-0.3, -0.25) is 4.52 Å². The molecule has 1 N–H and O–H groups in total. The molecule has 0 radical (unpaired) electrons. The summed E-state index contributed by atoms with van der Waals surface area (Å²) < 4.78 is 48.8. The summed E-state index contributed by atoms with van der Waals surface area (Å²) in [6.07, 6.45) is -2.93. The summed E-state index contributed by atoms with van der Waals surface area (Å²) in [4.78, 5) is 7.97. The molecule has 0 aliphatic heterocycles. The second-order valence-corrected chi connectivity index (χ2v) is 2.56. The third kappa shape index (κ3) is 4.75. The van der Waals surface area contributed by atoms with Crippen LogP contribution in [0.5, 0.6) is 0 Å². The Kier molecular flexibility index (Phi) is 3.88. The standard InChI is InChI=1S/C2H4F3O4P/c3-2(4)1-8-10(6,7)9-5/h2H,1H2,(H,6,7). The SMILES string of the molecule is O=P(O)(OF)OCC(F)F. The summed E-state index contributed by atoms with van der Waals surface area (Å²) in [5.41, 5.74) is 0. The molecule has 10 heavy (non-hydrogen) atoms. The minimum atomic E-state index is -4.87. The van der Waals surface area contributed by atoms with E-state index < -0.39 is 20.9 Å². The first-order valence-corrected chi connectivity index (χ1v) is 3.53. The summed E-state index contributed by atoms with van der Waals surface area (Å²) in [5, 5.41) is 0. The van der Waals surface area contributed by atoms with Crippen LogP contribution >= 0.6 is 7.82 Å². The van der Waals surface area contributed by atoms with Crippen LogP contribution in [0, 0.1) is 0 Å². The molecule has 1 atom stereocenters. The van der Waals surface area contributed by atoms with Crippen LogP contribution in [-0.4, -0.2) is 17.9 Å². The fraction of sp³-hybridized carbons (Fsp3) is 1.00. The lowest BCUT2D eigenvalue weighted by molar-refractivity contribution is -0.0564. The molecular weight excluding hydrogens is 176 g/mol. The van der Waals surface area contributed by atoms with Gasteiger partial charge < -0.3 is 4.89 Å². The number of phosphoric acid groups is 1. The zero-order valence-electron chi connectivity index (χ0n) is 4.54. The maximum atomic E-state index is 11.2. The molecule has 0 amide bonds. The quantitative estimate of drug-likeness (QED) is 0.661. The molecular formula is C2H4F3O4P. The summed E-state index contributed by atoms with van der Waals surface area (Å²) in [6.45, 7) is -1.34. The zero-order chi connectivity index (χ0) is 8.20. The van der Waals surface area contributed by atoms with Gasteiger partial charge in [-0.15, -0.1) is 0 Å². The lowest BCUT2D eigenvalue weighted by Crippen LogP contribution is -2.02. The van der Waals surface area contributed by atoms with E-state index in [1.165, 1.54) is 0 Å². The summed E-state index contributed by atoms with van der Waals surface area (Å²) in [6, 6.07) is 0. The Morgan fingerprint density at radius 1 is 1.60 bits per heavy atom. The Morgan fingerprint density at radius 3 is 2.40 bits per heavy atom. The second-order valence-electron chi connectivity index (χ2n) is 1.22. The Morgan fingerprint density at radius 2 is 2.10 bits per heavy atom. The van der Waals surface area contributed by atoms with Crippen molar-refractivity contribution in [3.05, 3.63) is 0 Å². The van der Waals surface area contributed by atoms with Crippen LogP contribution in [0.4, 0.5) is 13.3 Å². The Labute approximate surface area is 54.1 Å². The topological polar surface area (TPSA) is 55.8 Å². The molecule has 0 aromatic heterocycles. The summed E-state index contributed by atoms with van der Waals surface area (Å²) >= 11 is 0. The molecule has 4 nitrogen and oxygen atoms in total. The monoisotopic (exact) mass is 180 g/mol. The molecule has 0 aliphatic carbocycles. The highest BCUT2D eigenvalue weighted by molar-refractivity contribution is 7.47. The largest absolute Gasteiger partial charge is 0.503 e. The van der Waals surface area contributed by atoms with Gasteiger partial charge in [0.1, 0.15) is 6.61 Å². The van der Waals surface area contributed by atoms with E-state index in [4.69, 9.17) is 4.89 Å². The third-order valence-electron chi connectivity index (χ3n) is 0.451. The van der Waals surface area contributed by atoms with Crippen LogP contribution in [-0.2, 0) is 13.8 Å². The van der Waals surface area contributed by atoms with Gasteiger partial charge in [0.25, 0.3) is 6.43 Å². The average Bonchev–Trinajstić information content (AvgIpc) is 1.85. The van der Waals surface area contributed by atoms with Gasteiger partial charge in [-0.1, -0.05) is 4.73 Å². The van der Waals surface area contributed by atoms with Crippen molar-refractivity contribution < 1.29 is 32.0 Å². The van der Waals surface area contributed by atoms with Gasteiger partial charge in [0.15, 0.2) is 0 Å². The fourth-order valence-corrected chi connectivity index (χ4v) is 0.511. The number of hydrogen-bond donors (Lipinski definition) is 1. The molecule has 0 fully saturated rings. The smallest absolute Gasteiger partial charge is 0.301 e. The third-order valence-corrected chi connectivity index (χ3v) is 1.10. The lowest BCUT2D eigenvalue weighted by Gasteiger charge is -2.03.